The highest BCUT2D eigenvalue weighted by atomic mass is 16.6. The second kappa shape index (κ2) is 6.09. The number of anilines is 1. The second-order valence-corrected chi connectivity index (χ2v) is 4.67. The van der Waals surface area contributed by atoms with Crippen LogP contribution in [0.15, 0.2) is 65.3 Å². The topological polar surface area (TPSA) is 81.2 Å². The Morgan fingerprint density at radius 1 is 1.14 bits per heavy atom. The third-order valence-corrected chi connectivity index (χ3v) is 3.10. The molecule has 1 heterocycles. The average Bonchev–Trinajstić information content (AvgIpc) is 3.03. The van der Waals surface area contributed by atoms with E-state index in [2.05, 4.69) is 10.3 Å². The zero-order valence-corrected chi connectivity index (χ0v) is 11.6. The van der Waals surface area contributed by atoms with Gasteiger partial charge in [-0.1, -0.05) is 24.3 Å². The number of hydrogen-bond donors (Lipinski definition) is 1. The highest BCUT2D eigenvalue weighted by Crippen LogP contribution is 2.20. The molecular weight excluding hydrogens is 282 g/mol. The monoisotopic (exact) mass is 295 g/mol. The fourth-order valence-corrected chi connectivity index (χ4v) is 2.02. The standard InChI is InChI=1S/C16H13N3O3/c20-19(21)15-8-4-7-13(9-15)17-10-14-11-22-16(18-14)12-5-2-1-3-6-12/h1-9,11,17H,10H2. The molecule has 1 N–H and O–H groups in total. The Kier molecular flexibility index (Phi) is 3.82. The number of rotatable bonds is 5. The Morgan fingerprint density at radius 2 is 1.95 bits per heavy atom. The first kappa shape index (κ1) is 13.8. The summed E-state index contributed by atoms with van der Waals surface area (Å²) >= 11 is 0. The van der Waals surface area contributed by atoms with E-state index in [1.54, 1.807) is 18.4 Å². The predicted octanol–water partition coefficient (Wildman–Crippen LogP) is 3.86. The molecule has 3 rings (SSSR count). The lowest BCUT2D eigenvalue weighted by Gasteiger charge is -2.03. The van der Waals surface area contributed by atoms with Crippen molar-refractivity contribution in [3.05, 3.63) is 76.7 Å². The molecule has 22 heavy (non-hydrogen) atoms. The Bertz CT molecular complexity index is 784. The third kappa shape index (κ3) is 3.12. The summed E-state index contributed by atoms with van der Waals surface area (Å²) in [6, 6.07) is 15.9. The van der Waals surface area contributed by atoms with Crippen LogP contribution in [0, 0.1) is 10.1 Å². The van der Waals surface area contributed by atoms with E-state index in [4.69, 9.17) is 4.42 Å². The van der Waals surface area contributed by atoms with Crippen molar-refractivity contribution in [3.63, 3.8) is 0 Å². The predicted molar refractivity (Wildman–Crippen MR) is 82.4 cm³/mol. The molecular formula is C16H13N3O3. The van der Waals surface area contributed by atoms with Gasteiger partial charge >= 0.3 is 0 Å². The number of aromatic nitrogens is 1. The van der Waals surface area contributed by atoms with Crippen LogP contribution in [0.2, 0.25) is 0 Å². The van der Waals surface area contributed by atoms with Crippen molar-refractivity contribution >= 4 is 11.4 Å². The van der Waals surface area contributed by atoms with Crippen LogP contribution < -0.4 is 5.32 Å². The first-order chi connectivity index (χ1) is 10.7. The van der Waals surface area contributed by atoms with Crippen LogP contribution in [0.5, 0.6) is 0 Å². The fraction of sp³-hybridized carbons (Fsp3) is 0.0625. The summed E-state index contributed by atoms with van der Waals surface area (Å²) in [6.07, 6.45) is 1.58. The number of non-ortho nitro benzene ring substituents is 1. The van der Waals surface area contributed by atoms with Crippen molar-refractivity contribution in [2.75, 3.05) is 5.32 Å². The van der Waals surface area contributed by atoms with Crippen LogP contribution in [0.25, 0.3) is 11.5 Å². The summed E-state index contributed by atoms with van der Waals surface area (Å²) in [5, 5.41) is 13.8. The third-order valence-electron chi connectivity index (χ3n) is 3.10. The molecule has 0 saturated heterocycles. The van der Waals surface area contributed by atoms with Crippen molar-refractivity contribution in [2.45, 2.75) is 6.54 Å². The molecule has 0 fully saturated rings. The molecule has 2 aromatic carbocycles. The van der Waals surface area contributed by atoms with Gasteiger partial charge in [-0.2, -0.15) is 0 Å². The van der Waals surface area contributed by atoms with E-state index < -0.39 is 4.92 Å². The SMILES string of the molecule is O=[N+]([O-])c1cccc(NCc2coc(-c3ccccc3)n2)c1. The lowest BCUT2D eigenvalue weighted by atomic mass is 10.2. The van der Waals surface area contributed by atoms with E-state index in [0.717, 1.165) is 11.3 Å². The first-order valence-corrected chi connectivity index (χ1v) is 6.70. The number of nitrogens with zero attached hydrogens (tertiary/aromatic N) is 2. The summed E-state index contributed by atoms with van der Waals surface area (Å²) in [4.78, 5) is 14.7. The fourth-order valence-electron chi connectivity index (χ4n) is 2.02. The summed E-state index contributed by atoms with van der Waals surface area (Å²) in [6.45, 7) is 0.428. The molecule has 0 aliphatic heterocycles. The van der Waals surface area contributed by atoms with Crippen molar-refractivity contribution in [1.29, 1.82) is 0 Å². The maximum Gasteiger partial charge on any atom is 0.271 e. The molecule has 0 aliphatic carbocycles. The molecule has 110 valence electrons. The normalized spacial score (nSPS) is 10.4. The maximum atomic E-state index is 10.7. The van der Waals surface area contributed by atoms with Crippen LogP contribution >= 0.6 is 0 Å². The summed E-state index contributed by atoms with van der Waals surface area (Å²) in [7, 11) is 0. The lowest BCUT2D eigenvalue weighted by Crippen LogP contribution is -2.00. The number of nitrogens with one attached hydrogen (secondary N) is 1. The minimum atomic E-state index is -0.422. The van der Waals surface area contributed by atoms with E-state index in [1.807, 2.05) is 30.3 Å². The van der Waals surface area contributed by atoms with Gasteiger partial charge in [0.25, 0.3) is 5.69 Å². The Labute approximate surface area is 126 Å². The first-order valence-electron chi connectivity index (χ1n) is 6.70. The van der Waals surface area contributed by atoms with Gasteiger partial charge in [-0.3, -0.25) is 10.1 Å². The van der Waals surface area contributed by atoms with Gasteiger partial charge in [0.05, 0.1) is 17.2 Å². The van der Waals surface area contributed by atoms with E-state index in [1.165, 1.54) is 12.1 Å². The summed E-state index contributed by atoms with van der Waals surface area (Å²) in [5.74, 6) is 0.552. The van der Waals surface area contributed by atoms with Crippen LogP contribution in [-0.4, -0.2) is 9.91 Å². The van der Waals surface area contributed by atoms with Crippen molar-refractivity contribution in [3.8, 4) is 11.5 Å². The van der Waals surface area contributed by atoms with Gasteiger partial charge in [0.1, 0.15) is 6.26 Å². The van der Waals surface area contributed by atoms with E-state index in [9.17, 15) is 10.1 Å². The molecule has 0 atom stereocenters. The summed E-state index contributed by atoms with van der Waals surface area (Å²) < 4.78 is 5.44. The average molecular weight is 295 g/mol. The van der Waals surface area contributed by atoms with Crippen LogP contribution in [-0.2, 0) is 6.54 Å². The smallest absolute Gasteiger partial charge is 0.271 e. The molecule has 0 unspecified atom stereocenters. The van der Waals surface area contributed by atoms with E-state index in [-0.39, 0.29) is 5.69 Å². The molecule has 0 radical (unpaired) electrons. The quantitative estimate of drug-likeness (QED) is 0.571. The second-order valence-electron chi connectivity index (χ2n) is 4.67. The van der Waals surface area contributed by atoms with Gasteiger partial charge < -0.3 is 9.73 Å². The number of nitro benzene ring substituents is 1. The molecule has 0 bridgehead atoms. The largest absolute Gasteiger partial charge is 0.444 e. The van der Waals surface area contributed by atoms with Gasteiger partial charge in [-0.15, -0.1) is 0 Å². The summed E-state index contributed by atoms with van der Waals surface area (Å²) in [5.41, 5.74) is 2.35. The van der Waals surface area contributed by atoms with Crippen molar-refractivity contribution in [2.24, 2.45) is 0 Å². The van der Waals surface area contributed by atoms with Gasteiger partial charge in [-0.05, 0) is 18.2 Å². The zero-order chi connectivity index (χ0) is 15.4. The van der Waals surface area contributed by atoms with Crippen LogP contribution in [0.3, 0.4) is 0 Å². The van der Waals surface area contributed by atoms with Crippen molar-refractivity contribution in [1.82, 2.24) is 4.98 Å². The minimum Gasteiger partial charge on any atom is -0.444 e. The van der Waals surface area contributed by atoms with E-state index >= 15 is 0 Å². The zero-order valence-electron chi connectivity index (χ0n) is 11.6. The molecule has 0 amide bonds. The number of hydrogen-bond acceptors (Lipinski definition) is 5. The Balaban J connectivity index is 1.69. The Morgan fingerprint density at radius 3 is 2.73 bits per heavy atom. The molecule has 3 aromatic rings. The molecule has 6 heteroatoms. The molecule has 1 aromatic heterocycles. The van der Waals surface area contributed by atoms with Gasteiger partial charge in [0.15, 0.2) is 0 Å². The number of benzene rings is 2. The lowest BCUT2D eigenvalue weighted by molar-refractivity contribution is -0.384. The van der Waals surface area contributed by atoms with Crippen LogP contribution in [0.4, 0.5) is 11.4 Å². The highest BCUT2D eigenvalue weighted by molar-refractivity contribution is 5.53. The van der Waals surface area contributed by atoms with Crippen molar-refractivity contribution < 1.29 is 9.34 Å². The molecule has 0 spiro atoms. The minimum absolute atomic E-state index is 0.0510. The Hall–Kier alpha value is -3.15. The molecule has 6 nitrogen and oxygen atoms in total. The number of oxazole rings is 1. The maximum absolute atomic E-state index is 10.7. The van der Waals surface area contributed by atoms with Crippen LogP contribution in [0.1, 0.15) is 5.69 Å². The van der Waals surface area contributed by atoms with Gasteiger partial charge in [-0.25, -0.2) is 4.98 Å². The van der Waals surface area contributed by atoms with Gasteiger partial charge in [0.2, 0.25) is 5.89 Å². The molecule has 0 saturated carbocycles. The van der Waals surface area contributed by atoms with Gasteiger partial charge in [0, 0.05) is 23.4 Å². The van der Waals surface area contributed by atoms with E-state index in [0.29, 0.717) is 18.1 Å². The highest BCUT2D eigenvalue weighted by Gasteiger charge is 2.08. The molecule has 0 aliphatic rings. The number of nitro groups is 1.